The molecule has 0 unspecified atom stereocenters. The van der Waals surface area contributed by atoms with E-state index in [0.717, 1.165) is 23.5 Å². The van der Waals surface area contributed by atoms with Crippen molar-refractivity contribution in [2.24, 2.45) is 0 Å². The minimum atomic E-state index is 0.0785. The Labute approximate surface area is 123 Å². The molecule has 2 N–H and O–H groups in total. The number of aliphatic hydroxyl groups excluding tert-OH is 1. The van der Waals surface area contributed by atoms with Crippen molar-refractivity contribution in [1.82, 2.24) is 9.78 Å². The van der Waals surface area contributed by atoms with Crippen LogP contribution in [0.3, 0.4) is 0 Å². The molecule has 0 saturated carbocycles. The summed E-state index contributed by atoms with van der Waals surface area (Å²) in [4.78, 5) is 0. The highest BCUT2D eigenvalue weighted by atomic mass is 16.3. The Kier molecular flexibility index (Phi) is 3.98. The van der Waals surface area contributed by atoms with Crippen molar-refractivity contribution in [2.45, 2.75) is 13.2 Å². The van der Waals surface area contributed by atoms with Gasteiger partial charge in [-0.05, 0) is 41.5 Å². The quantitative estimate of drug-likeness (QED) is 0.755. The average molecular weight is 279 g/mol. The Hall–Kier alpha value is -2.59. The van der Waals surface area contributed by atoms with Crippen LogP contribution in [0.5, 0.6) is 0 Å². The summed E-state index contributed by atoms with van der Waals surface area (Å²) in [6.07, 6.45) is 3.70. The first-order chi connectivity index (χ1) is 10.3. The van der Waals surface area contributed by atoms with Gasteiger partial charge in [-0.2, -0.15) is 5.10 Å². The van der Waals surface area contributed by atoms with Gasteiger partial charge in [-0.1, -0.05) is 24.3 Å². The normalized spacial score (nSPS) is 10.5. The molecule has 0 aliphatic rings. The van der Waals surface area contributed by atoms with E-state index in [1.165, 1.54) is 5.56 Å². The lowest BCUT2D eigenvalue weighted by Crippen LogP contribution is -2.00. The van der Waals surface area contributed by atoms with Crippen molar-refractivity contribution in [3.63, 3.8) is 0 Å². The average Bonchev–Trinajstić information content (AvgIpc) is 3.08. The molecule has 1 aromatic heterocycles. The SMILES string of the molecule is OCc1ccc(NCc2ccc(-n3cccn3)cc2)cc1. The van der Waals surface area contributed by atoms with Gasteiger partial charge in [0.2, 0.25) is 0 Å². The van der Waals surface area contributed by atoms with Crippen LogP contribution in [-0.2, 0) is 13.2 Å². The third kappa shape index (κ3) is 3.30. The molecule has 1 heterocycles. The maximum Gasteiger partial charge on any atom is 0.0681 e. The standard InChI is InChI=1S/C17H17N3O/c21-13-15-2-6-16(7-3-15)18-12-14-4-8-17(9-5-14)20-11-1-10-19-20/h1-11,18,21H,12-13H2. The molecular weight excluding hydrogens is 262 g/mol. The Morgan fingerprint density at radius 2 is 1.67 bits per heavy atom. The van der Waals surface area contributed by atoms with Gasteiger partial charge in [0, 0.05) is 24.6 Å². The fourth-order valence-electron chi connectivity index (χ4n) is 2.12. The predicted octanol–water partition coefficient (Wildman–Crippen LogP) is 2.98. The summed E-state index contributed by atoms with van der Waals surface area (Å²) in [5.41, 5.74) is 4.22. The molecule has 106 valence electrons. The lowest BCUT2D eigenvalue weighted by molar-refractivity contribution is 0.282. The molecule has 0 radical (unpaired) electrons. The largest absolute Gasteiger partial charge is 0.392 e. The highest BCUT2D eigenvalue weighted by Gasteiger charge is 1.98. The van der Waals surface area contributed by atoms with Gasteiger partial charge in [-0.3, -0.25) is 0 Å². The number of hydrogen-bond acceptors (Lipinski definition) is 3. The highest BCUT2D eigenvalue weighted by molar-refractivity contribution is 5.45. The van der Waals surface area contributed by atoms with E-state index in [1.54, 1.807) is 6.20 Å². The van der Waals surface area contributed by atoms with E-state index in [0.29, 0.717) is 0 Å². The molecule has 0 bridgehead atoms. The molecule has 4 heteroatoms. The second-order valence-corrected chi connectivity index (χ2v) is 4.83. The fourth-order valence-corrected chi connectivity index (χ4v) is 2.12. The van der Waals surface area contributed by atoms with Gasteiger partial charge in [0.25, 0.3) is 0 Å². The van der Waals surface area contributed by atoms with Gasteiger partial charge in [-0.25, -0.2) is 4.68 Å². The van der Waals surface area contributed by atoms with Crippen molar-refractivity contribution >= 4 is 5.69 Å². The summed E-state index contributed by atoms with van der Waals surface area (Å²) in [5.74, 6) is 0. The number of nitrogens with zero attached hydrogens (tertiary/aromatic N) is 2. The van der Waals surface area contributed by atoms with Crippen LogP contribution in [0.25, 0.3) is 5.69 Å². The second-order valence-electron chi connectivity index (χ2n) is 4.83. The maximum absolute atomic E-state index is 9.01. The summed E-state index contributed by atoms with van der Waals surface area (Å²) in [6.45, 7) is 0.840. The van der Waals surface area contributed by atoms with Gasteiger partial charge in [0.05, 0.1) is 12.3 Å². The van der Waals surface area contributed by atoms with E-state index in [1.807, 2.05) is 41.2 Å². The first-order valence-electron chi connectivity index (χ1n) is 6.88. The predicted molar refractivity (Wildman–Crippen MR) is 83.3 cm³/mol. The van der Waals surface area contributed by atoms with Gasteiger partial charge < -0.3 is 10.4 Å². The van der Waals surface area contributed by atoms with E-state index < -0.39 is 0 Å². The van der Waals surface area contributed by atoms with Crippen molar-refractivity contribution < 1.29 is 5.11 Å². The molecule has 0 amide bonds. The van der Waals surface area contributed by atoms with Crippen LogP contribution < -0.4 is 5.32 Å². The Bertz CT molecular complexity index is 673. The number of aliphatic hydroxyl groups is 1. The van der Waals surface area contributed by atoms with E-state index in [2.05, 4.69) is 34.7 Å². The molecule has 4 nitrogen and oxygen atoms in total. The van der Waals surface area contributed by atoms with Crippen LogP contribution in [0.4, 0.5) is 5.69 Å². The summed E-state index contributed by atoms with van der Waals surface area (Å²) < 4.78 is 1.84. The number of benzene rings is 2. The van der Waals surface area contributed by atoms with Crippen LogP contribution >= 0.6 is 0 Å². The van der Waals surface area contributed by atoms with Crippen LogP contribution in [0.15, 0.2) is 67.0 Å². The first-order valence-corrected chi connectivity index (χ1v) is 6.88. The molecule has 0 aliphatic heterocycles. The Balaban J connectivity index is 1.62. The molecule has 0 fully saturated rings. The molecule has 0 spiro atoms. The molecule has 3 rings (SSSR count). The van der Waals surface area contributed by atoms with Gasteiger partial charge >= 0.3 is 0 Å². The topological polar surface area (TPSA) is 50.1 Å². The number of rotatable bonds is 5. The monoisotopic (exact) mass is 279 g/mol. The van der Waals surface area contributed by atoms with Crippen LogP contribution in [0.2, 0.25) is 0 Å². The zero-order valence-corrected chi connectivity index (χ0v) is 11.6. The molecule has 0 aliphatic carbocycles. The Morgan fingerprint density at radius 1 is 0.952 bits per heavy atom. The van der Waals surface area contributed by atoms with E-state index in [9.17, 15) is 0 Å². The minimum absolute atomic E-state index is 0.0785. The summed E-state index contributed by atoms with van der Waals surface area (Å²) in [6, 6.07) is 18.0. The number of hydrogen-bond donors (Lipinski definition) is 2. The van der Waals surface area contributed by atoms with Crippen molar-refractivity contribution in [3.8, 4) is 5.69 Å². The van der Waals surface area contributed by atoms with E-state index in [4.69, 9.17) is 5.11 Å². The number of aromatic nitrogens is 2. The fraction of sp³-hybridized carbons (Fsp3) is 0.118. The number of nitrogens with one attached hydrogen (secondary N) is 1. The third-order valence-electron chi connectivity index (χ3n) is 3.34. The second kappa shape index (κ2) is 6.24. The van der Waals surface area contributed by atoms with Crippen molar-refractivity contribution in [1.29, 1.82) is 0 Å². The number of anilines is 1. The molecule has 21 heavy (non-hydrogen) atoms. The van der Waals surface area contributed by atoms with E-state index >= 15 is 0 Å². The molecular formula is C17H17N3O. The van der Waals surface area contributed by atoms with E-state index in [-0.39, 0.29) is 6.61 Å². The molecule has 3 aromatic rings. The van der Waals surface area contributed by atoms with Gasteiger partial charge in [0.1, 0.15) is 0 Å². The molecule has 0 saturated heterocycles. The van der Waals surface area contributed by atoms with Gasteiger partial charge in [0.15, 0.2) is 0 Å². The lowest BCUT2D eigenvalue weighted by atomic mass is 10.2. The van der Waals surface area contributed by atoms with Crippen LogP contribution in [-0.4, -0.2) is 14.9 Å². The van der Waals surface area contributed by atoms with Gasteiger partial charge in [-0.15, -0.1) is 0 Å². The van der Waals surface area contributed by atoms with Crippen molar-refractivity contribution in [2.75, 3.05) is 5.32 Å². The summed E-state index contributed by atoms with van der Waals surface area (Å²) in [7, 11) is 0. The molecule has 2 aromatic carbocycles. The zero-order valence-electron chi connectivity index (χ0n) is 11.6. The highest BCUT2D eigenvalue weighted by Crippen LogP contribution is 2.13. The van der Waals surface area contributed by atoms with Crippen LogP contribution in [0.1, 0.15) is 11.1 Å². The minimum Gasteiger partial charge on any atom is -0.392 e. The maximum atomic E-state index is 9.01. The van der Waals surface area contributed by atoms with Crippen molar-refractivity contribution in [3.05, 3.63) is 78.1 Å². The smallest absolute Gasteiger partial charge is 0.0681 e. The van der Waals surface area contributed by atoms with Crippen LogP contribution in [0, 0.1) is 0 Å². The molecule has 0 atom stereocenters. The first kappa shape index (κ1) is 13.4. The third-order valence-corrected chi connectivity index (χ3v) is 3.34. The lowest BCUT2D eigenvalue weighted by Gasteiger charge is -2.08. The Morgan fingerprint density at radius 3 is 2.29 bits per heavy atom. The summed E-state index contributed by atoms with van der Waals surface area (Å²) >= 11 is 0. The zero-order chi connectivity index (χ0) is 14.5. The summed E-state index contributed by atoms with van der Waals surface area (Å²) in [5, 5.41) is 16.6.